The summed E-state index contributed by atoms with van der Waals surface area (Å²) in [4.78, 5) is 31.2. The molecule has 10 heteroatoms. The Labute approximate surface area is 190 Å². The Bertz CT molecular complexity index is 1190. The van der Waals surface area contributed by atoms with E-state index in [9.17, 15) is 14.0 Å². The van der Waals surface area contributed by atoms with Crippen LogP contribution >= 0.6 is 0 Å². The van der Waals surface area contributed by atoms with Gasteiger partial charge in [0.05, 0.1) is 18.6 Å². The van der Waals surface area contributed by atoms with Crippen molar-refractivity contribution in [2.45, 2.75) is 39.4 Å². The molecule has 3 aromatic rings. The Hall–Kier alpha value is -3.66. The summed E-state index contributed by atoms with van der Waals surface area (Å²) in [6, 6.07) is 8.09. The first kappa shape index (κ1) is 22.5. The zero-order valence-corrected chi connectivity index (χ0v) is 18.7. The molecule has 1 aromatic carbocycles. The van der Waals surface area contributed by atoms with Crippen molar-refractivity contribution in [1.82, 2.24) is 24.6 Å². The Morgan fingerprint density at radius 1 is 1.21 bits per heavy atom. The summed E-state index contributed by atoms with van der Waals surface area (Å²) in [7, 11) is 1.53. The van der Waals surface area contributed by atoms with E-state index in [-0.39, 0.29) is 29.8 Å². The number of benzene rings is 1. The number of aromatic nitrogens is 4. The van der Waals surface area contributed by atoms with Crippen molar-refractivity contribution in [2.24, 2.45) is 0 Å². The monoisotopic (exact) mass is 452 g/mol. The molecular weight excluding hydrogens is 427 g/mol. The lowest BCUT2D eigenvalue weighted by molar-refractivity contribution is -0.132. The van der Waals surface area contributed by atoms with Gasteiger partial charge in [-0.15, -0.1) is 10.2 Å². The molecule has 0 saturated carbocycles. The van der Waals surface area contributed by atoms with Gasteiger partial charge in [-0.05, 0) is 49.2 Å². The largest absolute Gasteiger partial charge is 0.384 e. The lowest BCUT2D eigenvalue weighted by Crippen LogP contribution is -2.26. The molecule has 2 aromatic heterocycles. The molecule has 0 saturated heterocycles. The van der Waals surface area contributed by atoms with Crippen molar-refractivity contribution in [3.05, 3.63) is 59.2 Å². The highest BCUT2D eigenvalue weighted by molar-refractivity contribution is 6.04. The average molecular weight is 452 g/mol. The maximum absolute atomic E-state index is 14.7. The standard InChI is InChI=1S/C23H25FN6O3/c1-14(2)30-13-25-28-22(30)19-5-4-6-20(26-19)27-23(32)17-9-15-11-29(21(31)7-8-33-3)12-16(15)10-18(17)24/h4-6,9-10,13-14H,7-8,11-12H2,1-3H3,(H,26,27,32). The molecule has 0 radical (unpaired) electrons. The fourth-order valence-corrected chi connectivity index (χ4v) is 3.74. The molecule has 1 N–H and O–H groups in total. The van der Waals surface area contributed by atoms with Gasteiger partial charge in [0, 0.05) is 26.2 Å². The number of carbonyl (C=O) groups is 2. The summed E-state index contributed by atoms with van der Waals surface area (Å²) in [6.45, 7) is 4.98. The van der Waals surface area contributed by atoms with Gasteiger partial charge in [0.1, 0.15) is 23.7 Å². The Kier molecular flexibility index (Phi) is 6.45. The number of pyridine rings is 1. The van der Waals surface area contributed by atoms with E-state index in [0.717, 1.165) is 5.56 Å². The van der Waals surface area contributed by atoms with Crippen LogP contribution in [-0.2, 0) is 22.6 Å². The predicted molar refractivity (Wildman–Crippen MR) is 119 cm³/mol. The molecule has 33 heavy (non-hydrogen) atoms. The molecular formula is C23H25FN6O3. The number of halogens is 1. The third-order valence-corrected chi connectivity index (χ3v) is 5.48. The summed E-state index contributed by atoms with van der Waals surface area (Å²) < 4.78 is 21.6. The van der Waals surface area contributed by atoms with E-state index in [1.165, 1.54) is 19.2 Å². The van der Waals surface area contributed by atoms with E-state index in [1.54, 1.807) is 29.4 Å². The van der Waals surface area contributed by atoms with E-state index >= 15 is 0 Å². The molecule has 0 aliphatic carbocycles. The number of carbonyl (C=O) groups excluding carboxylic acids is 2. The van der Waals surface area contributed by atoms with E-state index in [0.29, 0.717) is 36.8 Å². The number of amides is 2. The molecule has 9 nitrogen and oxygen atoms in total. The van der Waals surface area contributed by atoms with E-state index in [2.05, 4.69) is 20.5 Å². The van der Waals surface area contributed by atoms with Crippen LogP contribution in [0.25, 0.3) is 11.5 Å². The minimum atomic E-state index is -0.645. The van der Waals surface area contributed by atoms with Gasteiger partial charge in [-0.2, -0.15) is 0 Å². The Balaban J connectivity index is 1.51. The number of anilines is 1. The topological polar surface area (TPSA) is 102 Å². The second-order valence-corrected chi connectivity index (χ2v) is 8.11. The first-order valence-corrected chi connectivity index (χ1v) is 10.6. The number of fused-ring (bicyclic) bond motifs is 1. The number of nitrogens with one attached hydrogen (secondary N) is 1. The molecule has 0 unspecified atom stereocenters. The van der Waals surface area contributed by atoms with Crippen molar-refractivity contribution in [1.29, 1.82) is 0 Å². The van der Waals surface area contributed by atoms with Crippen LogP contribution in [0.15, 0.2) is 36.7 Å². The van der Waals surface area contributed by atoms with Crippen molar-refractivity contribution < 1.29 is 18.7 Å². The Morgan fingerprint density at radius 2 is 1.97 bits per heavy atom. The normalized spacial score (nSPS) is 12.8. The molecule has 4 rings (SSSR count). The van der Waals surface area contributed by atoms with Crippen LogP contribution in [0.1, 0.15) is 47.8 Å². The summed E-state index contributed by atoms with van der Waals surface area (Å²) in [6.07, 6.45) is 1.88. The molecule has 1 aliphatic rings. The lowest BCUT2D eigenvalue weighted by Gasteiger charge is -2.14. The zero-order valence-electron chi connectivity index (χ0n) is 18.7. The summed E-state index contributed by atoms with van der Waals surface area (Å²) in [5, 5.41) is 10.7. The predicted octanol–water partition coefficient (Wildman–Crippen LogP) is 3.19. The number of rotatable bonds is 7. The Morgan fingerprint density at radius 3 is 2.70 bits per heavy atom. The molecule has 1 aliphatic heterocycles. The van der Waals surface area contributed by atoms with Crippen molar-refractivity contribution >= 4 is 17.6 Å². The van der Waals surface area contributed by atoms with Crippen LogP contribution < -0.4 is 5.32 Å². The van der Waals surface area contributed by atoms with Crippen molar-refractivity contribution in [2.75, 3.05) is 19.0 Å². The lowest BCUT2D eigenvalue weighted by atomic mass is 10.1. The van der Waals surface area contributed by atoms with Gasteiger partial charge in [0.15, 0.2) is 5.82 Å². The maximum atomic E-state index is 14.7. The van der Waals surface area contributed by atoms with Crippen LogP contribution in [0.3, 0.4) is 0 Å². The number of nitrogens with zero attached hydrogens (tertiary/aromatic N) is 5. The fourth-order valence-electron chi connectivity index (χ4n) is 3.74. The molecule has 3 heterocycles. The minimum absolute atomic E-state index is 0.0743. The first-order chi connectivity index (χ1) is 15.9. The van der Waals surface area contributed by atoms with Gasteiger partial charge in [-0.25, -0.2) is 9.37 Å². The van der Waals surface area contributed by atoms with Gasteiger partial charge in [-0.3, -0.25) is 9.59 Å². The summed E-state index contributed by atoms with van der Waals surface area (Å²) in [5.74, 6) is -0.493. The molecule has 0 spiro atoms. The van der Waals surface area contributed by atoms with E-state index in [1.807, 2.05) is 18.4 Å². The molecule has 172 valence electrons. The fraction of sp³-hybridized carbons (Fsp3) is 0.348. The minimum Gasteiger partial charge on any atom is -0.384 e. The van der Waals surface area contributed by atoms with Gasteiger partial charge in [0.25, 0.3) is 5.91 Å². The zero-order chi connectivity index (χ0) is 23.5. The van der Waals surface area contributed by atoms with Crippen LogP contribution in [0.5, 0.6) is 0 Å². The van der Waals surface area contributed by atoms with Crippen LogP contribution in [0.4, 0.5) is 10.2 Å². The van der Waals surface area contributed by atoms with Crippen LogP contribution in [-0.4, -0.2) is 50.2 Å². The molecule has 0 bridgehead atoms. The maximum Gasteiger partial charge on any atom is 0.259 e. The third kappa shape index (κ3) is 4.75. The molecule has 0 atom stereocenters. The van der Waals surface area contributed by atoms with Crippen LogP contribution in [0.2, 0.25) is 0 Å². The van der Waals surface area contributed by atoms with E-state index in [4.69, 9.17) is 4.74 Å². The van der Waals surface area contributed by atoms with Gasteiger partial charge < -0.3 is 19.5 Å². The van der Waals surface area contributed by atoms with Crippen LogP contribution in [0, 0.1) is 5.82 Å². The highest BCUT2D eigenvalue weighted by atomic mass is 19.1. The van der Waals surface area contributed by atoms with Crippen molar-refractivity contribution in [3.8, 4) is 11.5 Å². The molecule has 0 fully saturated rings. The van der Waals surface area contributed by atoms with E-state index < -0.39 is 11.7 Å². The summed E-state index contributed by atoms with van der Waals surface area (Å²) >= 11 is 0. The van der Waals surface area contributed by atoms with Gasteiger partial charge >= 0.3 is 0 Å². The number of hydrogen-bond acceptors (Lipinski definition) is 6. The third-order valence-electron chi connectivity index (χ3n) is 5.48. The first-order valence-electron chi connectivity index (χ1n) is 10.6. The number of hydrogen-bond donors (Lipinski definition) is 1. The van der Waals surface area contributed by atoms with Gasteiger partial charge in [0.2, 0.25) is 5.91 Å². The highest BCUT2D eigenvalue weighted by Gasteiger charge is 2.26. The second kappa shape index (κ2) is 9.45. The van der Waals surface area contributed by atoms with Crippen molar-refractivity contribution in [3.63, 3.8) is 0 Å². The number of methoxy groups -OCH3 is 1. The smallest absolute Gasteiger partial charge is 0.259 e. The van der Waals surface area contributed by atoms with Gasteiger partial charge in [-0.1, -0.05) is 6.07 Å². The second-order valence-electron chi connectivity index (χ2n) is 8.11. The number of ether oxygens (including phenoxy) is 1. The average Bonchev–Trinajstić information content (AvgIpc) is 3.44. The quantitative estimate of drug-likeness (QED) is 0.591. The summed E-state index contributed by atoms with van der Waals surface area (Å²) in [5.41, 5.74) is 1.89. The SMILES string of the molecule is COCCC(=O)N1Cc2cc(F)c(C(=O)Nc3cccc(-c4nncn4C(C)C)n3)cc2C1. The highest BCUT2D eigenvalue weighted by Crippen LogP contribution is 2.27. The molecule has 2 amide bonds.